The maximum Gasteiger partial charge on any atom is 0.226 e. The number of aromatic amines is 1. The number of aryl methyl sites for hydroxylation is 1. The van der Waals surface area contributed by atoms with Crippen molar-refractivity contribution in [2.24, 2.45) is 0 Å². The molecule has 1 aliphatic rings. The van der Waals surface area contributed by atoms with E-state index in [9.17, 15) is 4.79 Å². The van der Waals surface area contributed by atoms with E-state index >= 15 is 0 Å². The van der Waals surface area contributed by atoms with Crippen molar-refractivity contribution in [1.82, 2.24) is 20.4 Å². The van der Waals surface area contributed by atoms with E-state index in [-0.39, 0.29) is 18.0 Å². The Balaban J connectivity index is 1.68. The van der Waals surface area contributed by atoms with E-state index in [0.717, 1.165) is 29.4 Å². The summed E-state index contributed by atoms with van der Waals surface area (Å²) in [5.74, 6) is 0.00997. The van der Waals surface area contributed by atoms with Crippen molar-refractivity contribution in [3.63, 3.8) is 0 Å². The lowest BCUT2D eigenvalue weighted by Gasteiger charge is -2.26. The number of halogens is 1. The highest BCUT2D eigenvalue weighted by Crippen LogP contribution is 2.31. The Kier molecular flexibility index (Phi) is 4.68. The third-order valence-corrected chi connectivity index (χ3v) is 4.56. The highest BCUT2D eigenvalue weighted by atomic mass is 35.5. The van der Waals surface area contributed by atoms with Gasteiger partial charge in [-0.2, -0.15) is 5.10 Å². The fraction of sp³-hybridized carbons (Fsp3) is 0.412. The Morgan fingerprint density at radius 3 is 2.83 bits per heavy atom. The van der Waals surface area contributed by atoms with Crippen molar-refractivity contribution in [2.75, 3.05) is 13.6 Å². The van der Waals surface area contributed by atoms with Gasteiger partial charge < -0.3 is 5.32 Å². The Labute approximate surface area is 141 Å². The molecule has 1 aromatic heterocycles. The van der Waals surface area contributed by atoms with Crippen molar-refractivity contribution >= 4 is 17.5 Å². The first kappa shape index (κ1) is 16.0. The molecule has 1 aromatic carbocycles. The number of likely N-dealkylation sites (tertiary alicyclic amines) is 1. The summed E-state index contributed by atoms with van der Waals surface area (Å²) in [7, 11) is 2.09. The lowest BCUT2D eigenvalue weighted by Crippen LogP contribution is -2.39. The predicted octanol–water partition coefficient (Wildman–Crippen LogP) is 2.48. The summed E-state index contributed by atoms with van der Waals surface area (Å²) in [5.41, 5.74) is 2.91. The molecule has 2 aromatic rings. The van der Waals surface area contributed by atoms with E-state index in [1.807, 2.05) is 37.3 Å². The van der Waals surface area contributed by atoms with Crippen LogP contribution < -0.4 is 5.32 Å². The highest BCUT2D eigenvalue weighted by Gasteiger charge is 2.33. The molecule has 0 bridgehead atoms. The maximum atomic E-state index is 12.3. The lowest BCUT2D eigenvalue weighted by molar-refractivity contribution is -0.121. The lowest BCUT2D eigenvalue weighted by atomic mass is 10.00. The number of H-pyrrole nitrogens is 1. The van der Waals surface area contributed by atoms with Crippen molar-refractivity contribution in [3.05, 3.63) is 52.3 Å². The van der Waals surface area contributed by atoms with Gasteiger partial charge in [-0.05, 0) is 44.2 Å². The molecule has 3 rings (SSSR count). The first-order valence-corrected chi connectivity index (χ1v) is 8.16. The molecule has 0 saturated carbocycles. The number of nitrogens with one attached hydrogen (secondary N) is 2. The molecule has 2 atom stereocenters. The van der Waals surface area contributed by atoms with Crippen LogP contribution in [0.5, 0.6) is 0 Å². The number of hydrogen-bond acceptors (Lipinski definition) is 3. The van der Waals surface area contributed by atoms with Crippen molar-refractivity contribution in [3.8, 4) is 0 Å². The van der Waals surface area contributed by atoms with Crippen LogP contribution >= 0.6 is 11.6 Å². The van der Waals surface area contributed by atoms with E-state index in [1.54, 1.807) is 0 Å². The summed E-state index contributed by atoms with van der Waals surface area (Å²) in [6.45, 7) is 2.89. The molecule has 0 unspecified atom stereocenters. The molecule has 0 aliphatic carbocycles. The number of carbonyl (C=O) groups is 1. The van der Waals surface area contributed by atoms with Gasteiger partial charge in [0.2, 0.25) is 5.91 Å². The van der Waals surface area contributed by atoms with Gasteiger partial charge in [0.05, 0.1) is 18.2 Å². The van der Waals surface area contributed by atoms with Crippen molar-refractivity contribution < 1.29 is 4.79 Å². The monoisotopic (exact) mass is 332 g/mol. The first-order valence-electron chi connectivity index (χ1n) is 7.79. The number of aromatic nitrogens is 2. The predicted molar refractivity (Wildman–Crippen MR) is 90.4 cm³/mol. The molecular formula is C17H21ClN4O. The van der Waals surface area contributed by atoms with Gasteiger partial charge in [0, 0.05) is 23.3 Å². The molecule has 1 amide bonds. The molecule has 122 valence electrons. The zero-order chi connectivity index (χ0) is 16.4. The van der Waals surface area contributed by atoms with E-state index in [4.69, 9.17) is 11.6 Å². The van der Waals surface area contributed by atoms with Gasteiger partial charge in [0.25, 0.3) is 0 Å². The number of likely N-dealkylation sites (N-methyl/N-ethyl adjacent to an activating group) is 1. The Hall–Kier alpha value is -1.85. The van der Waals surface area contributed by atoms with Gasteiger partial charge in [-0.3, -0.25) is 14.8 Å². The summed E-state index contributed by atoms with van der Waals surface area (Å²) in [5, 5.41) is 10.9. The molecule has 1 fully saturated rings. The summed E-state index contributed by atoms with van der Waals surface area (Å²) >= 11 is 5.97. The summed E-state index contributed by atoms with van der Waals surface area (Å²) in [6, 6.07) is 10.0. The van der Waals surface area contributed by atoms with Crippen LogP contribution in [0, 0.1) is 6.92 Å². The topological polar surface area (TPSA) is 61.0 Å². The molecule has 0 radical (unpaired) electrons. The van der Waals surface area contributed by atoms with Crippen LogP contribution in [0.3, 0.4) is 0 Å². The second kappa shape index (κ2) is 6.72. The zero-order valence-electron chi connectivity index (χ0n) is 13.3. The summed E-state index contributed by atoms with van der Waals surface area (Å²) in [6.07, 6.45) is 1.24. The van der Waals surface area contributed by atoms with Gasteiger partial charge in [-0.25, -0.2) is 0 Å². The van der Waals surface area contributed by atoms with Crippen molar-refractivity contribution in [2.45, 2.75) is 31.8 Å². The van der Waals surface area contributed by atoms with Crippen LogP contribution in [0.15, 0.2) is 30.3 Å². The van der Waals surface area contributed by atoms with Gasteiger partial charge in [0.15, 0.2) is 0 Å². The number of nitrogens with zero attached hydrogens (tertiary/aromatic N) is 2. The average molecular weight is 333 g/mol. The smallest absolute Gasteiger partial charge is 0.226 e. The highest BCUT2D eigenvalue weighted by molar-refractivity contribution is 6.30. The van der Waals surface area contributed by atoms with Gasteiger partial charge in [-0.15, -0.1) is 0 Å². The van der Waals surface area contributed by atoms with E-state index < -0.39 is 0 Å². The van der Waals surface area contributed by atoms with Gasteiger partial charge in [0.1, 0.15) is 0 Å². The molecule has 1 aliphatic heterocycles. The van der Waals surface area contributed by atoms with Gasteiger partial charge >= 0.3 is 0 Å². The minimum Gasteiger partial charge on any atom is -0.351 e. The number of amides is 1. The Morgan fingerprint density at radius 2 is 2.17 bits per heavy atom. The number of carbonyl (C=O) groups excluding carboxylic acids is 1. The van der Waals surface area contributed by atoms with E-state index in [1.165, 1.54) is 5.56 Å². The fourth-order valence-electron chi connectivity index (χ4n) is 3.23. The molecule has 2 N–H and O–H groups in total. The quantitative estimate of drug-likeness (QED) is 0.904. The van der Waals surface area contributed by atoms with Gasteiger partial charge in [-0.1, -0.05) is 23.7 Å². The minimum atomic E-state index is 0.00997. The molecule has 23 heavy (non-hydrogen) atoms. The Morgan fingerprint density at radius 1 is 1.43 bits per heavy atom. The van der Waals surface area contributed by atoms with Crippen LogP contribution in [0.1, 0.15) is 29.4 Å². The molecule has 5 nitrogen and oxygen atoms in total. The molecule has 6 heteroatoms. The third kappa shape index (κ3) is 3.74. The van der Waals surface area contributed by atoms with Crippen LogP contribution in [0.4, 0.5) is 0 Å². The van der Waals surface area contributed by atoms with Crippen LogP contribution in [-0.2, 0) is 11.2 Å². The van der Waals surface area contributed by atoms with Crippen LogP contribution in [0.2, 0.25) is 5.02 Å². The molecular weight excluding hydrogens is 312 g/mol. The summed E-state index contributed by atoms with van der Waals surface area (Å²) < 4.78 is 0. The first-order chi connectivity index (χ1) is 11.0. The SMILES string of the molecule is Cc1cc(CC(=O)N[C@@H]2CCN(C)[C@H]2c2ccc(Cl)cc2)n[nH]1. The van der Waals surface area contributed by atoms with Crippen LogP contribution in [-0.4, -0.2) is 40.6 Å². The standard InChI is InChI=1S/C17H21ClN4O/c1-11-9-14(21-20-11)10-16(23)19-15-7-8-22(2)17(15)12-3-5-13(18)6-4-12/h3-6,9,15,17H,7-8,10H2,1-2H3,(H,19,23)(H,20,21)/t15-,17+/m1/s1. The van der Waals surface area contributed by atoms with E-state index in [2.05, 4.69) is 27.5 Å². The molecule has 1 saturated heterocycles. The normalized spacial score (nSPS) is 21.5. The molecule has 2 heterocycles. The second-order valence-corrected chi connectivity index (χ2v) is 6.60. The zero-order valence-corrected chi connectivity index (χ0v) is 14.1. The second-order valence-electron chi connectivity index (χ2n) is 6.16. The third-order valence-electron chi connectivity index (χ3n) is 4.31. The molecule has 0 spiro atoms. The number of hydrogen-bond donors (Lipinski definition) is 2. The number of benzene rings is 1. The fourth-order valence-corrected chi connectivity index (χ4v) is 3.36. The Bertz CT molecular complexity index is 682. The van der Waals surface area contributed by atoms with Crippen LogP contribution in [0.25, 0.3) is 0 Å². The average Bonchev–Trinajstić information content (AvgIpc) is 3.06. The van der Waals surface area contributed by atoms with E-state index in [0.29, 0.717) is 6.42 Å². The number of rotatable bonds is 4. The largest absolute Gasteiger partial charge is 0.351 e. The summed E-state index contributed by atoms with van der Waals surface area (Å²) in [4.78, 5) is 14.6. The maximum absolute atomic E-state index is 12.3. The minimum absolute atomic E-state index is 0.00997. The van der Waals surface area contributed by atoms with Crippen molar-refractivity contribution in [1.29, 1.82) is 0 Å².